The molecule has 1 aliphatic rings. The highest BCUT2D eigenvalue weighted by atomic mass is 16.6. The van der Waals surface area contributed by atoms with Gasteiger partial charge in [-0.05, 0) is 39.5 Å². The number of carbonyl (C=O) groups is 1. The summed E-state index contributed by atoms with van der Waals surface area (Å²) in [4.78, 5) is 12.7. The van der Waals surface area contributed by atoms with Crippen LogP contribution in [0.25, 0.3) is 0 Å². The van der Waals surface area contributed by atoms with Gasteiger partial charge in [-0.1, -0.05) is 33.5 Å². The summed E-state index contributed by atoms with van der Waals surface area (Å²) in [5.41, 5.74) is -0.312. The fourth-order valence-corrected chi connectivity index (χ4v) is 2.98. The Morgan fingerprint density at radius 3 is 2.14 bits per heavy atom. The largest absolute Gasteiger partial charge is 0.460 e. The van der Waals surface area contributed by atoms with Gasteiger partial charge in [0.2, 0.25) is 0 Å². The molecule has 0 radical (unpaired) electrons. The number of esters is 1. The smallest absolute Gasteiger partial charge is 0.304 e. The van der Waals surface area contributed by atoms with Crippen LogP contribution in [-0.2, 0) is 14.3 Å². The minimum Gasteiger partial charge on any atom is -0.460 e. The predicted octanol–water partition coefficient (Wildman–Crippen LogP) is 3.98. The van der Waals surface area contributed by atoms with E-state index in [1.807, 2.05) is 27.7 Å². The molecule has 0 N–H and O–H groups in total. The Morgan fingerprint density at radius 2 is 1.76 bits per heavy atom. The molecule has 1 saturated heterocycles. The molecule has 1 aliphatic heterocycles. The van der Waals surface area contributed by atoms with Crippen LogP contribution >= 0.6 is 0 Å². The van der Waals surface area contributed by atoms with E-state index in [2.05, 4.69) is 27.7 Å². The molecule has 2 atom stereocenters. The number of hydrogen-bond donors (Lipinski definition) is 0. The Hall–Kier alpha value is -0.505. The summed E-state index contributed by atoms with van der Waals surface area (Å²) < 4.78 is 11.4. The van der Waals surface area contributed by atoms with E-state index >= 15 is 0 Å². The van der Waals surface area contributed by atoms with Crippen molar-refractivity contribution in [2.75, 3.05) is 6.61 Å². The van der Waals surface area contributed by atoms with Gasteiger partial charge in [-0.2, -0.15) is 0 Å². The topological polar surface area (TPSA) is 35.5 Å². The first-order chi connectivity index (χ1) is 9.38. The first-order valence-electron chi connectivity index (χ1n) is 8.23. The predicted molar refractivity (Wildman–Crippen MR) is 89.2 cm³/mol. The molecule has 0 amide bonds. The van der Waals surface area contributed by atoms with Crippen LogP contribution in [0.15, 0.2) is 0 Å². The summed E-state index contributed by atoms with van der Waals surface area (Å²) in [6, 6.07) is 0. The second kappa shape index (κ2) is 6.32. The Kier molecular flexibility index (Phi) is 5.58. The van der Waals surface area contributed by atoms with E-state index in [0.717, 1.165) is 20.1 Å². The Morgan fingerprint density at radius 1 is 1.24 bits per heavy atom. The zero-order valence-corrected chi connectivity index (χ0v) is 15.2. The van der Waals surface area contributed by atoms with Crippen molar-refractivity contribution in [1.29, 1.82) is 0 Å². The summed E-state index contributed by atoms with van der Waals surface area (Å²) in [6.07, 6.45) is 1.85. The molecule has 0 aromatic rings. The van der Waals surface area contributed by atoms with Gasteiger partial charge in [0.1, 0.15) is 12.9 Å². The number of carbonyl (C=O) groups excluding carboxylic acids is 1. The molecule has 1 fully saturated rings. The average molecular weight is 296 g/mol. The average Bonchev–Trinajstić information content (AvgIpc) is 2.85. The van der Waals surface area contributed by atoms with Crippen LogP contribution in [0, 0.1) is 5.41 Å². The molecule has 122 valence electrons. The van der Waals surface area contributed by atoms with Crippen molar-refractivity contribution in [3.05, 3.63) is 0 Å². The quantitative estimate of drug-likeness (QED) is 0.526. The first-order valence-corrected chi connectivity index (χ1v) is 8.23. The summed E-state index contributed by atoms with van der Waals surface area (Å²) in [7, 11) is 0.960. The van der Waals surface area contributed by atoms with Crippen molar-refractivity contribution in [2.24, 2.45) is 5.41 Å². The maximum absolute atomic E-state index is 12.7. The first kappa shape index (κ1) is 18.5. The lowest BCUT2D eigenvalue weighted by molar-refractivity contribution is -0.161. The highest BCUT2D eigenvalue weighted by molar-refractivity contribution is 6.63. The SMILES string of the molecule is CC(C)OCCC(C)(C)OC(=O)C1(CC(C)(C)C)BC1C. The van der Waals surface area contributed by atoms with Crippen molar-refractivity contribution < 1.29 is 14.3 Å². The van der Waals surface area contributed by atoms with Crippen LogP contribution in [0.2, 0.25) is 11.1 Å². The maximum Gasteiger partial charge on any atom is 0.304 e. The number of ether oxygens (including phenoxy) is 2. The molecule has 0 bridgehead atoms. The van der Waals surface area contributed by atoms with E-state index in [4.69, 9.17) is 9.47 Å². The Balaban J connectivity index is 2.58. The van der Waals surface area contributed by atoms with Crippen molar-refractivity contribution in [3.63, 3.8) is 0 Å². The normalized spacial score (nSPS) is 25.7. The maximum atomic E-state index is 12.7. The third-order valence-corrected chi connectivity index (χ3v) is 4.23. The fraction of sp³-hybridized carbons (Fsp3) is 0.941. The van der Waals surface area contributed by atoms with E-state index in [0.29, 0.717) is 12.4 Å². The van der Waals surface area contributed by atoms with Gasteiger partial charge in [0.25, 0.3) is 0 Å². The van der Waals surface area contributed by atoms with Gasteiger partial charge in [0, 0.05) is 11.7 Å². The molecule has 3 nitrogen and oxygen atoms in total. The highest BCUT2D eigenvalue weighted by Crippen LogP contribution is 2.63. The van der Waals surface area contributed by atoms with Crippen LogP contribution in [0.3, 0.4) is 0 Å². The molecule has 21 heavy (non-hydrogen) atoms. The van der Waals surface area contributed by atoms with E-state index in [-0.39, 0.29) is 22.8 Å². The summed E-state index contributed by atoms with van der Waals surface area (Å²) >= 11 is 0. The summed E-state index contributed by atoms with van der Waals surface area (Å²) in [5.74, 6) is 0.423. The molecule has 1 heterocycles. The molecule has 0 aromatic heterocycles. The van der Waals surface area contributed by atoms with Gasteiger partial charge in [0.15, 0.2) is 0 Å². The number of hydrogen-bond acceptors (Lipinski definition) is 3. The molecule has 4 heteroatoms. The summed E-state index contributed by atoms with van der Waals surface area (Å²) in [6.45, 7) is 17.3. The number of rotatable bonds is 7. The highest BCUT2D eigenvalue weighted by Gasteiger charge is 2.61. The Labute approximate surface area is 131 Å². The minimum atomic E-state index is -0.459. The van der Waals surface area contributed by atoms with Crippen LogP contribution in [-0.4, -0.2) is 31.6 Å². The third kappa shape index (κ3) is 5.65. The monoisotopic (exact) mass is 296 g/mol. The van der Waals surface area contributed by atoms with Gasteiger partial charge in [-0.15, -0.1) is 0 Å². The van der Waals surface area contributed by atoms with Crippen molar-refractivity contribution in [1.82, 2.24) is 0 Å². The van der Waals surface area contributed by atoms with Crippen molar-refractivity contribution in [3.8, 4) is 0 Å². The van der Waals surface area contributed by atoms with Crippen molar-refractivity contribution in [2.45, 2.75) is 91.1 Å². The molecular formula is C17H33BO3. The standard InChI is InChI=1S/C17H33BO3/c1-12(2)20-10-9-16(7,8)21-14(19)17(13(3)18-17)11-15(4,5)6/h12-13,18H,9-11H2,1-8H3. The molecule has 0 aliphatic carbocycles. The van der Waals surface area contributed by atoms with E-state index in [1.165, 1.54) is 0 Å². The fourth-order valence-electron chi connectivity index (χ4n) is 2.98. The molecule has 0 saturated carbocycles. The van der Waals surface area contributed by atoms with Crippen LogP contribution < -0.4 is 0 Å². The zero-order valence-electron chi connectivity index (χ0n) is 15.2. The van der Waals surface area contributed by atoms with Crippen LogP contribution in [0.1, 0.15) is 68.2 Å². The second-order valence-electron chi connectivity index (χ2n) is 8.82. The second-order valence-corrected chi connectivity index (χ2v) is 8.82. The lowest BCUT2D eigenvalue weighted by atomic mass is 9.74. The van der Waals surface area contributed by atoms with Crippen LogP contribution in [0.4, 0.5) is 0 Å². The van der Waals surface area contributed by atoms with Crippen molar-refractivity contribution >= 4 is 13.2 Å². The lowest BCUT2D eigenvalue weighted by Crippen LogP contribution is -2.33. The minimum absolute atomic E-state index is 0.0144. The third-order valence-electron chi connectivity index (χ3n) is 4.23. The lowest BCUT2D eigenvalue weighted by Gasteiger charge is -2.31. The van der Waals surface area contributed by atoms with Gasteiger partial charge in [0.05, 0.1) is 12.7 Å². The van der Waals surface area contributed by atoms with Gasteiger partial charge in [-0.25, -0.2) is 0 Å². The zero-order chi connectivity index (χ0) is 16.5. The van der Waals surface area contributed by atoms with Gasteiger partial charge in [-0.3, -0.25) is 4.79 Å². The Bertz CT molecular complexity index is 371. The van der Waals surface area contributed by atoms with E-state index in [1.54, 1.807) is 0 Å². The van der Waals surface area contributed by atoms with Gasteiger partial charge < -0.3 is 9.47 Å². The molecule has 0 aromatic carbocycles. The summed E-state index contributed by atoms with van der Waals surface area (Å²) in [5, 5.41) is -0.256. The van der Waals surface area contributed by atoms with Crippen LogP contribution in [0.5, 0.6) is 0 Å². The molecule has 1 rings (SSSR count). The molecule has 2 unspecified atom stereocenters. The van der Waals surface area contributed by atoms with E-state index < -0.39 is 5.60 Å². The molecule has 0 spiro atoms. The van der Waals surface area contributed by atoms with E-state index in [9.17, 15) is 4.79 Å². The molecular weight excluding hydrogens is 263 g/mol. The van der Waals surface area contributed by atoms with Gasteiger partial charge >= 0.3 is 5.97 Å².